The number of ether oxygens (including phenoxy) is 1. The van der Waals surface area contributed by atoms with Crippen molar-refractivity contribution < 1.29 is 9.53 Å². The maximum Gasteiger partial charge on any atom is 0.223 e. The number of amides is 1. The zero-order valence-electron chi connectivity index (χ0n) is 14.6. The number of methoxy groups -OCH3 is 1. The number of benzene rings is 1. The van der Waals surface area contributed by atoms with E-state index in [9.17, 15) is 4.79 Å². The zero-order valence-corrected chi connectivity index (χ0v) is 15.5. The number of hydrogen-bond acceptors (Lipinski definition) is 4. The Morgan fingerprint density at radius 3 is 2.92 bits per heavy atom. The molecule has 5 heteroatoms. The molecule has 1 saturated carbocycles. The number of nitrogens with one attached hydrogen (secondary N) is 2. The van der Waals surface area contributed by atoms with E-state index in [-0.39, 0.29) is 11.8 Å². The second kappa shape index (κ2) is 7.79. The van der Waals surface area contributed by atoms with E-state index in [4.69, 9.17) is 4.74 Å². The van der Waals surface area contributed by atoms with Crippen LogP contribution in [0.15, 0.2) is 29.2 Å². The maximum atomic E-state index is 12.4. The monoisotopic (exact) mass is 348 g/mol. The van der Waals surface area contributed by atoms with Crippen LogP contribution in [-0.2, 0) is 4.79 Å². The summed E-state index contributed by atoms with van der Waals surface area (Å²) in [7, 11) is 1.70. The Bertz CT molecular complexity index is 572. The lowest BCUT2D eigenvalue weighted by atomic mass is 9.92. The van der Waals surface area contributed by atoms with Crippen molar-refractivity contribution in [3.8, 4) is 5.75 Å². The summed E-state index contributed by atoms with van der Waals surface area (Å²) in [5.41, 5.74) is 0.324. The van der Waals surface area contributed by atoms with Crippen LogP contribution in [0.2, 0.25) is 0 Å². The van der Waals surface area contributed by atoms with Gasteiger partial charge >= 0.3 is 0 Å². The van der Waals surface area contributed by atoms with Crippen molar-refractivity contribution in [3.05, 3.63) is 24.3 Å². The molecule has 1 aliphatic carbocycles. The number of carbonyl (C=O) groups excluding carboxylic acids is 1. The first-order valence-electron chi connectivity index (χ1n) is 8.89. The first-order valence-corrected chi connectivity index (χ1v) is 9.87. The number of para-hydroxylation sites is 1. The molecule has 2 fully saturated rings. The van der Waals surface area contributed by atoms with Gasteiger partial charge in [-0.05, 0) is 55.8 Å². The fraction of sp³-hybridized carbons (Fsp3) is 0.632. The average Bonchev–Trinajstić information content (AvgIpc) is 3.31. The molecular formula is C19H28N2O2S. The summed E-state index contributed by atoms with van der Waals surface area (Å²) in [5, 5.41) is 6.56. The predicted octanol–water partition coefficient (Wildman–Crippen LogP) is 2.93. The van der Waals surface area contributed by atoms with Gasteiger partial charge in [-0.15, -0.1) is 11.8 Å². The molecule has 2 atom stereocenters. The number of carbonyl (C=O) groups is 1. The Labute approximate surface area is 149 Å². The van der Waals surface area contributed by atoms with Gasteiger partial charge in [0.1, 0.15) is 5.75 Å². The molecule has 24 heavy (non-hydrogen) atoms. The molecule has 1 aromatic carbocycles. The first kappa shape index (κ1) is 17.6. The van der Waals surface area contributed by atoms with E-state index in [2.05, 4.69) is 23.6 Å². The molecule has 4 nitrogen and oxygen atoms in total. The Morgan fingerprint density at radius 2 is 2.17 bits per heavy atom. The number of rotatable bonds is 7. The number of hydrogen-bond donors (Lipinski definition) is 2. The normalized spacial score (nSPS) is 22.8. The van der Waals surface area contributed by atoms with E-state index in [0.29, 0.717) is 11.3 Å². The van der Waals surface area contributed by atoms with E-state index in [1.54, 1.807) is 18.9 Å². The van der Waals surface area contributed by atoms with Crippen LogP contribution < -0.4 is 15.4 Å². The summed E-state index contributed by atoms with van der Waals surface area (Å²) in [6.45, 7) is 5.08. The second-order valence-corrected chi connectivity index (χ2v) is 8.24. The van der Waals surface area contributed by atoms with E-state index in [1.165, 1.54) is 0 Å². The number of thioether (sulfide) groups is 1. The van der Waals surface area contributed by atoms with Gasteiger partial charge in [-0.2, -0.15) is 0 Å². The van der Waals surface area contributed by atoms with Crippen LogP contribution in [0.3, 0.4) is 0 Å². The lowest BCUT2D eigenvalue weighted by Crippen LogP contribution is -2.35. The minimum Gasteiger partial charge on any atom is -0.496 e. The van der Waals surface area contributed by atoms with Gasteiger partial charge in [0.15, 0.2) is 0 Å². The van der Waals surface area contributed by atoms with Crippen LogP contribution in [0.4, 0.5) is 0 Å². The summed E-state index contributed by atoms with van der Waals surface area (Å²) in [4.78, 5) is 13.6. The Kier molecular flexibility index (Phi) is 5.72. The first-order chi connectivity index (χ1) is 11.6. The highest BCUT2D eigenvalue weighted by atomic mass is 32.2. The van der Waals surface area contributed by atoms with E-state index in [0.717, 1.165) is 55.3 Å². The smallest absolute Gasteiger partial charge is 0.223 e. The second-order valence-electron chi connectivity index (χ2n) is 7.18. The summed E-state index contributed by atoms with van der Waals surface area (Å²) in [6, 6.07) is 8.09. The van der Waals surface area contributed by atoms with Crippen molar-refractivity contribution in [2.24, 2.45) is 17.3 Å². The van der Waals surface area contributed by atoms with Crippen molar-refractivity contribution in [3.63, 3.8) is 0 Å². The molecule has 132 valence electrons. The average molecular weight is 349 g/mol. The molecule has 2 aliphatic rings. The van der Waals surface area contributed by atoms with Crippen molar-refractivity contribution in [1.29, 1.82) is 0 Å². The molecule has 0 aromatic heterocycles. The van der Waals surface area contributed by atoms with Gasteiger partial charge in [0, 0.05) is 23.1 Å². The lowest BCUT2D eigenvalue weighted by Gasteiger charge is -2.23. The molecule has 2 unspecified atom stereocenters. The molecule has 1 heterocycles. The van der Waals surface area contributed by atoms with Gasteiger partial charge < -0.3 is 15.4 Å². The van der Waals surface area contributed by atoms with E-state index >= 15 is 0 Å². The number of piperidine rings is 1. The van der Waals surface area contributed by atoms with Crippen LogP contribution in [0.25, 0.3) is 0 Å². The molecule has 1 spiro atoms. The molecule has 2 N–H and O–H groups in total. The fourth-order valence-corrected chi connectivity index (χ4v) is 4.67. The summed E-state index contributed by atoms with van der Waals surface area (Å²) in [5.74, 6) is 2.86. The van der Waals surface area contributed by atoms with Gasteiger partial charge in [-0.3, -0.25) is 4.79 Å². The minimum atomic E-state index is 0.258. The van der Waals surface area contributed by atoms with E-state index in [1.807, 2.05) is 18.2 Å². The Hall–Kier alpha value is -1.20. The van der Waals surface area contributed by atoms with Crippen molar-refractivity contribution in [1.82, 2.24) is 10.6 Å². The third kappa shape index (κ3) is 4.06. The topological polar surface area (TPSA) is 50.4 Å². The van der Waals surface area contributed by atoms with Gasteiger partial charge in [-0.25, -0.2) is 0 Å². The van der Waals surface area contributed by atoms with Crippen LogP contribution in [0.5, 0.6) is 5.75 Å². The fourth-order valence-electron chi connectivity index (χ4n) is 3.62. The van der Waals surface area contributed by atoms with Gasteiger partial charge in [0.25, 0.3) is 0 Å². The predicted molar refractivity (Wildman–Crippen MR) is 98.5 cm³/mol. The van der Waals surface area contributed by atoms with Crippen molar-refractivity contribution >= 4 is 17.7 Å². The molecular weight excluding hydrogens is 320 g/mol. The molecule has 1 aliphatic heterocycles. The van der Waals surface area contributed by atoms with Crippen LogP contribution >= 0.6 is 11.8 Å². The summed E-state index contributed by atoms with van der Waals surface area (Å²) in [6.07, 6.45) is 3.40. The van der Waals surface area contributed by atoms with Crippen LogP contribution in [-0.4, -0.2) is 38.4 Å². The third-order valence-electron chi connectivity index (χ3n) is 5.32. The van der Waals surface area contributed by atoms with Crippen LogP contribution in [0.1, 0.15) is 26.2 Å². The minimum absolute atomic E-state index is 0.258. The molecule has 0 radical (unpaired) electrons. The van der Waals surface area contributed by atoms with Gasteiger partial charge in [0.2, 0.25) is 5.91 Å². The van der Waals surface area contributed by atoms with Crippen molar-refractivity contribution in [2.75, 3.05) is 32.5 Å². The van der Waals surface area contributed by atoms with Crippen molar-refractivity contribution in [2.45, 2.75) is 31.1 Å². The highest BCUT2D eigenvalue weighted by Gasteiger charge is 2.57. The molecule has 3 rings (SSSR count). The Morgan fingerprint density at radius 1 is 1.42 bits per heavy atom. The van der Waals surface area contributed by atoms with Crippen LogP contribution in [0, 0.1) is 17.3 Å². The standard InChI is InChI=1S/C19H28N2O2S/c1-14(13-24-17-6-4-3-5-16(17)23-2)12-21-18(22)15-11-19(15)7-9-20-10-8-19/h3-6,14-15,20H,7-13H2,1-2H3,(H,21,22). The molecule has 0 bridgehead atoms. The lowest BCUT2D eigenvalue weighted by molar-refractivity contribution is -0.123. The SMILES string of the molecule is COc1ccccc1SCC(C)CNC(=O)C1CC12CCNCC2. The highest BCUT2D eigenvalue weighted by molar-refractivity contribution is 7.99. The maximum absolute atomic E-state index is 12.4. The third-order valence-corrected chi connectivity index (χ3v) is 6.71. The summed E-state index contributed by atoms with van der Waals surface area (Å²) >= 11 is 1.79. The quantitative estimate of drug-likeness (QED) is 0.744. The molecule has 1 aromatic rings. The van der Waals surface area contributed by atoms with E-state index < -0.39 is 0 Å². The molecule has 1 amide bonds. The zero-order chi connectivity index (χ0) is 17.0. The van der Waals surface area contributed by atoms with Gasteiger partial charge in [-0.1, -0.05) is 19.1 Å². The van der Waals surface area contributed by atoms with Gasteiger partial charge in [0.05, 0.1) is 7.11 Å². The highest BCUT2D eigenvalue weighted by Crippen LogP contribution is 2.58. The molecule has 1 saturated heterocycles. The largest absolute Gasteiger partial charge is 0.496 e. The summed E-state index contributed by atoms with van der Waals surface area (Å²) < 4.78 is 5.38. The Balaban J connectivity index is 1.40.